The normalized spacial score (nSPS) is 38.5. The van der Waals surface area contributed by atoms with Crippen LogP contribution in [0, 0.1) is 0 Å². The first-order chi connectivity index (χ1) is 5.81. The molecule has 0 saturated carbocycles. The van der Waals surface area contributed by atoms with E-state index in [9.17, 15) is 5.11 Å². The molecule has 2 fully saturated rings. The van der Waals surface area contributed by atoms with E-state index < -0.39 is 0 Å². The van der Waals surface area contributed by atoms with Crippen molar-refractivity contribution in [1.82, 2.24) is 9.80 Å². The van der Waals surface area contributed by atoms with Gasteiger partial charge < -0.3 is 10.0 Å². The van der Waals surface area contributed by atoms with Gasteiger partial charge in [0.15, 0.2) is 0 Å². The maximum absolute atomic E-state index is 9.59. The van der Waals surface area contributed by atoms with E-state index in [-0.39, 0.29) is 6.23 Å². The van der Waals surface area contributed by atoms with Gasteiger partial charge in [0.25, 0.3) is 0 Å². The van der Waals surface area contributed by atoms with E-state index in [4.69, 9.17) is 0 Å². The molecule has 0 aromatic rings. The SMILES string of the molecule is CCN1CCN2C(O)CC[C@H]2C1. The minimum atomic E-state index is -0.144. The number of rotatable bonds is 1. The molecule has 1 unspecified atom stereocenters. The summed E-state index contributed by atoms with van der Waals surface area (Å²) in [6.07, 6.45) is 2.01. The minimum absolute atomic E-state index is 0.144. The third kappa shape index (κ3) is 1.37. The fraction of sp³-hybridized carbons (Fsp3) is 1.00. The lowest BCUT2D eigenvalue weighted by molar-refractivity contribution is -0.0169. The summed E-state index contributed by atoms with van der Waals surface area (Å²) in [5.74, 6) is 0. The molecule has 0 radical (unpaired) electrons. The monoisotopic (exact) mass is 170 g/mol. The molecule has 2 atom stereocenters. The van der Waals surface area contributed by atoms with Crippen LogP contribution in [-0.2, 0) is 0 Å². The molecule has 3 heteroatoms. The molecule has 0 aromatic carbocycles. The summed E-state index contributed by atoms with van der Waals surface area (Å²) in [7, 11) is 0. The predicted octanol–water partition coefficient (Wildman–Crippen LogP) is 0.105. The highest BCUT2D eigenvalue weighted by atomic mass is 16.3. The summed E-state index contributed by atoms with van der Waals surface area (Å²) >= 11 is 0. The number of aliphatic hydroxyl groups excluding tert-OH is 1. The van der Waals surface area contributed by atoms with Crippen molar-refractivity contribution in [2.24, 2.45) is 0 Å². The van der Waals surface area contributed by atoms with Crippen molar-refractivity contribution in [1.29, 1.82) is 0 Å². The van der Waals surface area contributed by atoms with Crippen molar-refractivity contribution < 1.29 is 5.11 Å². The van der Waals surface area contributed by atoms with Gasteiger partial charge in [-0.05, 0) is 19.4 Å². The fourth-order valence-electron chi connectivity index (χ4n) is 2.38. The topological polar surface area (TPSA) is 26.7 Å². The van der Waals surface area contributed by atoms with Gasteiger partial charge in [-0.1, -0.05) is 6.92 Å². The van der Waals surface area contributed by atoms with Crippen LogP contribution < -0.4 is 0 Å². The number of hydrogen-bond acceptors (Lipinski definition) is 3. The van der Waals surface area contributed by atoms with Crippen LogP contribution in [-0.4, -0.2) is 53.4 Å². The van der Waals surface area contributed by atoms with E-state index >= 15 is 0 Å². The van der Waals surface area contributed by atoms with Crippen molar-refractivity contribution in [2.75, 3.05) is 26.2 Å². The van der Waals surface area contributed by atoms with Crippen molar-refractivity contribution in [3.8, 4) is 0 Å². The lowest BCUT2D eigenvalue weighted by atomic mass is 10.1. The molecular formula is C9H18N2O. The average Bonchev–Trinajstić information content (AvgIpc) is 2.47. The second kappa shape index (κ2) is 3.32. The first-order valence-corrected chi connectivity index (χ1v) is 4.97. The maximum Gasteiger partial charge on any atom is 0.107 e. The zero-order chi connectivity index (χ0) is 8.55. The van der Waals surface area contributed by atoms with Gasteiger partial charge in [-0.25, -0.2) is 0 Å². The van der Waals surface area contributed by atoms with Crippen LogP contribution in [0.25, 0.3) is 0 Å². The fourth-order valence-corrected chi connectivity index (χ4v) is 2.38. The Morgan fingerprint density at radius 2 is 2.17 bits per heavy atom. The van der Waals surface area contributed by atoms with Gasteiger partial charge in [0, 0.05) is 25.7 Å². The molecule has 0 aromatic heterocycles. The van der Waals surface area contributed by atoms with Gasteiger partial charge in [-0.15, -0.1) is 0 Å². The van der Waals surface area contributed by atoms with E-state index in [0.29, 0.717) is 6.04 Å². The number of fused-ring (bicyclic) bond motifs is 1. The standard InChI is InChI=1S/C9H18N2O/c1-2-10-5-6-11-8(7-10)3-4-9(11)12/h8-9,12H,2-7H2,1H3/t8-,9?/m0/s1. The molecule has 2 heterocycles. The Morgan fingerprint density at radius 1 is 1.33 bits per heavy atom. The molecule has 0 spiro atoms. The minimum Gasteiger partial charge on any atom is -0.378 e. The van der Waals surface area contributed by atoms with E-state index in [2.05, 4.69) is 16.7 Å². The lowest BCUT2D eigenvalue weighted by Crippen LogP contribution is -2.52. The molecule has 1 N–H and O–H groups in total. The van der Waals surface area contributed by atoms with Crippen LogP contribution in [0.3, 0.4) is 0 Å². The summed E-state index contributed by atoms with van der Waals surface area (Å²) in [6, 6.07) is 0.633. The third-order valence-corrected chi connectivity index (χ3v) is 3.20. The summed E-state index contributed by atoms with van der Waals surface area (Å²) in [4.78, 5) is 4.73. The molecule has 2 rings (SSSR count). The van der Waals surface area contributed by atoms with Crippen LogP contribution >= 0.6 is 0 Å². The molecule has 70 valence electrons. The van der Waals surface area contributed by atoms with Gasteiger partial charge in [0.1, 0.15) is 6.23 Å². The van der Waals surface area contributed by atoms with Gasteiger partial charge in [0.05, 0.1) is 0 Å². The zero-order valence-electron chi connectivity index (χ0n) is 7.74. The quantitative estimate of drug-likeness (QED) is 0.605. The van der Waals surface area contributed by atoms with E-state index in [1.165, 1.54) is 6.42 Å². The first kappa shape index (κ1) is 8.48. The van der Waals surface area contributed by atoms with Crippen molar-refractivity contribution in [3.63, 3.8) is 0 Å². The summed E-state index contributed by atoms with van der Waals surface area (Å²) in [5, 5.41) is 9.59. The number of nitrogens with zero attached hydrogens (tertiary/aromatic N) is 2. The van der Waals surface area contributed by atoms with Crippen LogP contribution in [0.15, 0.2) is 0 Å². The van der Waals surface area contributed by atoms with Crippen LogP contribution in [0.2, 0.25) is 0 Å². The number of likely N-dealkylation sites (N-methyl/N-ethyl adjacent to an activating group) is 1. The van der Waals surface area contributed by atoms with Crippen LogP contribution in [0.5, 0.6) is 0 Å². The highest BCUT2D eigenvalue weighted by Gasteiger charge is 2.35. The van der Waals surface area contributed by atoms with Gasteiger partial charge >= 0.3 is 0 Å². The molecule has 0 amide bonds. The zero-order valence-corrected chi connectivity index (χ0v) is 7.74. The molecule has 2 saturated heterocycles. The highest BCUT2D eigenvalue weighted by Crippen LogP contribution is 2.25. The molecular weight excluding hydrogens is 152 g/mol. The Hall–Kier alpha value is -0.120. The summed E-state index contributed by atoms with van der Waals surface area (Å²) in [6.45, 7) is 6.71. The molecule has 0 bridgehead atoms. The van der Waals surface area contributed by atoms with Gasteiger partial charge in [-0.3, -0.25) is 4.90 Å². The molecule has 0 aliphatic carbocycles. The highest BCUT2D eigenvalue weighted by molar-refractivity contribution is 4.88. The Labute approximate surface area is 74.0 Å². The van der Waals surface area contributed by atoms with E-state index in [1.807, 2.05) is 0 Å². The Balaban J connectivity index is 1.95. The summed E-state index contributed by atoms with van der Waals surface area (Å²) < 4.78 is 0. The molecule has 2 aliphatic heterocycles. The lowest BCUT2D eigenvalue weighted by Gasteiger charge is -2.38. The maximum atomic E-state index is 9.59. The smallest absolute Gasteiger partial charge is 0.107 e. The molecule has 2 aliphatic rings. The van der Waals surface area contributed by atoms with E-state index in [0.717, 1.165) is 32.6 Å². The van der Waals surface area contributed by atoms with Crippen molar-refractivity contribution in [2.45, 2.75) is 32.0 Å². The second-order valence-corrected chi connectivity index (χ2v) is 3.84. The second-order valence-electron chi connectivity index (χ2n) is 3.84. The first-order valence-electron chi connectivity index (χ1n) is 4.97. The number of hydrogen-bond donors (Lipinski definition) is 1. The van der Waals surface area contributed by atoms with E-state index in [1.54, 1.807) is 0 Å². The van der Waals surface area contributed by atoms with Crippen LogP contribution in [0.4, 0.5) is 0 Å². The van der Waals surface area contributed by atoms with Gasteiger partial charge in [0.2, 0.25) is 0 Å². The van der Waals surface area contributed by atoms with Gasteiger partial charge in [-0.2, -0.15) is 0 Å². The van der Waals surface area contributed by atoms with Crippen molar-refractivity contribution in [3.05, 3.63) is 0 Å². The predicted molar refractivity (Wildman–Crippen MR) is 47.8 cm³/mol. The number of aliphatic hydroxyl groups is 1. The largest absolute Gasteiger partial charge is 0.378 e. The Morgan fingerprint density at radius 3 is 2.92 bits per heavy atom. The Bertz CT molecular complexity index is 163. The third-order valence-electron chi connectivity index (χ3n) is 3.20. The Kier molecular flexibility index (Phi) is 2.35. The molecule has 12 heavy (non-hydrogen) atoms. The average molecular weight is 170 g/mol. The molecule has 3 nitrogen and oxygen atoms in total. The van der Waals surface area contributed by atoms with Crippen LogP contribution in [0.1, 0.15) is 19.8 Å². The number of piperazine rings is 1. The summed E-state index contributed by atoms with van der Waals surface area (Å²) in [5.41, 5.74) is 0. The van der Waals surface area contributed by atoms with Crippen molar-refractivity contribution >= 4 is 0 Å².